The van der Waals surface area contributed by atoms with Gasteiger partial charge in [0.25, 0.3) is 5.91 Å². The van der Waals surface area contributed by atoms with Crippen LogP contribution in [0.3, 0.4) is 0 Å². The minimum Gasteiger partial charge on any atom is -0.398 e. The van der Waals surface area contributed by atoms with Gasteiger partial charge >= 0.3 is 0 Å². The van der Waals surface area contributed by atoms with Gasteiger partial charge in [0.1, 0.15) is 10.7 Å². The van der Waals surface area contributed by atoms with Gasteiger partial charge in [-0.05, 0) is 50.6 Å². The van der Waals surface area contributed by atoms with Crippen LogP contribution in [-0.4, -0.2) is 50.2 Å². The molecule has 0 radical (unpaired) electrons. The Balaban J connectivity index is 1.69. The molecule has 3 heterocycles. The van der Waals surface area contributed by atoms with Gasteiger partial charge in [-0.3, -0.25) is 24.5 Å². The molecule has 10 nitrogen and oxygen atoms in total. The molecule has 4 aromatic rings. The Labute approximate surface area is 223 Å². The fraction of sp³-hybridized carbons (Fsp3) is 0.185. The zero-order chi connectivity index (χ0) is 27.3. The lowest BCUT2D eigenvalue weighted by atomic mass is 10.00. The molecule has 38 heavy (non-hydrogen) atoms. The Morgan fingerprint density at radius 3 is 2.61 bits per heavy atom. The van der Waals surface area contributed by atoms with Crippen LogP contribution in [0.25, 0.3) is 21.7 Å². The van der Waals surface area contributed by atoms with E-state index in [2.05, 4.69) is 25.3 Å². The summed E-state index contributed by atoms with van der Waals surface area (Å²) in [6.07, 6.45) is 8.32. The van der Waals surface area contributed by atoms with E-state index < -0.39 is 17.4 Å². The Morgan fingerprint density at radius 1 is 1.13 bits per heavy atom. The van der Waals surface area contributed by atoms with Crippen molar-refractivity contribution in [2.75, 3.05) is 17.6 Å². The third-order valence-corrected chi connectivity index (χ3v) is 6.44. The molecule has 0 saturated heterocycles. The fourth-order valence-electron chi connectivity index (χ4n) is 3.50. The molecule has 0 aliphatic rings. The van der Waals surface area contributed by atoms with E-state index in [4.69, 9.17) is 11.5 Å². The maximum Gasteiger partial charge on any atom is 0.275 e. The van der Waals surface area contributed by atoms with Gasteiger partial charge in [-0.15, -0.1) is 11.3 Å². The summed E-state index contributed by atoms with van der Waals surface area (Å²) in [5.41, 5.74) is 14.7. The molecule has 0 bridgehead atoms. The van der Waals surface area contributed by atoms with Crippen molar-refractivity contribution in [3.63, 3.8) is 0 Å². The zero-order valence-electron chi connectivity index (χ0n) is 20.9. The summed E-state index contributed by atoms with van der Waals surface area (Å²) in [5, 5.41) is 15.2. The fourth-order valence-corrected chi connectivity index (χ4v) is 4.31. The SMILES string of the molecule is CC(C)(O)CCN=Cc1cc(NC(=O)c2csc(-c3ccncc3)n2)c(-c2cncc(C(N)=O)c2)cc1N. The second-order valence-electron chi connectivity index (χ2n) is 9.18. The molecule has 0 unspecified atom stereocenters. The number of carbonyl (C=O) groups excluding carboxylic acids is 2. The molecule has 194 valence electrons. The van der Waals surface area contributed by atoms with Crippen LogP contribution in [-0.2, 0) is 0 Å². The van der Waals surface area contributed by atoms with Crippen molar-refractivity contribution in [1.29, 1.82) is 0 Å². The first-order chi connectivity index (χ1) is 18.1. The van der Waals surface area contributed by atoms with Crippen LogP contribution in [0.15, 0.2) is 65.5 Å². The van der Waals surface area contributed by atoms with E-state index in [1.807, 2.05) is 12.1 Å². The van der Waals surface area contributed by atoms with E-state index >= 15 is 0 Å². The van der Waals surface area contributed by atoms with Crippen molar-refractivity contribution in [1.82, 2.24) is 15.0 Å². The number of carbonyl (C=O) groups is 2. The molecular formula is C27H27N7O3S. The molecule has 6 N–H and O–H groups in total. The van der Waals surface area contributed by atoms with Crippen LogP contribution in [0.2, 0.25) is 0 Å². The molecule has 4 rings (SSSR count). The van der Waals surface area contributed by atoms with Crippen molar-refractivity contribution >= 4 is 40.7 Å². The van der Waals surface area contributed by atoms with E-state index in [1.54, 1.807) is 62.2 Å². The van der Waals surface area contributed by atoms with Crippen molar-refractivity contribution < 1.29 is 14.7 Å². The normalized spacial score (nSPS) is 11.6. The first-order valence-corrected chi connectivity index (χ1v) is 12.6. The summed E-state index contributed by atoms with van der Waals surface area (Å²) >= 11 is 1.35. The summed E-state index contributed by atoms with van der Waals surface area (Å²) in [6.45, 7) is 3.83. The van der Waals surface area contributed by atoms with Gasteiger partial charge in [-0.25, -0.2) is 4.98 Å². The first-order valence-electron chi connectivity index (χ1n) is 11.7. The molecule has 0 atom stereocenters. The Kier molecular flexibility index (Phi) is 7.89. The molecule has 11 heteroatoms. The van der Waals surface area contributed by atoms with E-state index in [-0.39, 0.29) is 11.3 Å². The van der Waals surface area contributed by atoms with Gasteiger partial charge < -0.3 is 21.9 Å². The average molecular weight is 530 g/mol. The third kappa shape index (κ3) is 6.64. The van der Waals surface area contributed by atoms with Gasteiger partial charge in [0.2, 0.25) is 5.91 Å². The highest BCUT2D eigenvalue weighted by Crippen LogP contribution is 2.33. The maximum atomic E-state index is 13.2. The Hall–Kier alpha value is -4.48. The number of aliphatic imine (C=N–C) groups is 1. The number of thiazole rings is 1. The second kappa shape index (κ2) is 11.3. The number of nitrogens with one attached hydrogen (secondary N) is 1. The zero-order valence-corrected chi connectivity index (χ0v) is 21.7. The van der Waals surface area contributed by atoms with Crippen LogP contribution in [0.5, 0.6) is 0 Å². The number of nitrogen functional groups attached to an aromatic ring is 1. The van der Waals surface area contributed by atoms with Crippen molar-refractivity contribution in [2.45, 2.75) is 25.9 Å². The lowest BCUT2D eigenvalue weighted by molar-refractivity contribution is 0.0739. The van der Waals surface area contributed by atoms with Crippen LogP contribution in [0.4, 0.5) is 11.4 Å². The average Bonchev–Trinajstić information content (AvgIpc) is 3.39. The number of primary amides is 1. The number of aromatic nitrogens is 3. The summed E-state index contributed by atoms with van der Waals surface area (Å²) in [6, 6.07) is 8.60. The number of pyridine rings is 2. The van der Waals surface area contributed by atoms with Gasteiger partial charge in [0.15, 0.2) is 0 Å². The predicted octanol–water partition coefficient (Wildman–Crippen LogP) is 3.78. The summed E-state index contributed by atoms with van der Waals surface area (Å²) in [5.74, 6) is -1.05. The highest BCUT2D eigenvalue weighted by Gasteiger charge is 2.17. The van der Waals surface area contributed by atoms with Gasteiger partial charge in [0, 0.05) is 76.6 Å². The van der Waals surface area contributed by atoms with E-state index in [0.717, 1.165) is 5.56 Å². The Morgan fingerprint density at radius 2 is 1.89 bits per heavy atom. The first kappa shape index (κ1) is 26.6. The maximum absolute atomic E-state index is 13.2. The van der Waals surface area contributed by atoms with E-state index in [9.17, 15) is 14.7 Å². The largest absolute Gasteiger partial charge is 0.398 e. The molecule has 0 aliphatic carbocycles. The summed E-state index contributed by atoms with van der Waals surface area (Å²) < 4.78 is 0. The molecule has 0 fully saturated rings. The molecule has 0 saturated carbocycles. The number of benzene rings is 1. The number of hydrogen-bond acceptors (Lipinski definition) is 9. The van der Waals surface area contributed by atoms with Crippen LogP contribution in [0.1, 0.15) is 46.7 Å². The topological polar surface area (TPSA) is 169 Å². The minimum absolute atomic E-state index is 0.220. The molecule has 0 aliphatic heterocycles. The number of amides is 2. The van der Waals surface area contributed by atoms with Crippen molar-refractivity contribution in [3.05, 3.63) is 77.3 Å². The smallest absolute Gasteiger partial charge is 0.275 e. The van der Waals surface area contributed by atoms with Crippen LogP contribution >= 0.6 is 11.3 Å². The van der Waals surface area contributed by atoms with E-state index in [1.165, 1.54) is 17.5 Å². The number of nitrogens with zero attached hydrogens (tertiary/aromatic N) is 4. The molecule has 0 spiro atoms. The van der Waals surface area contributed by atoms with Crippen molar-refractivity contribution in [3.8, 4) is 21.7 Å². The summed E-state index contributed by atoms with van der Waals surface area (Å²) in [4.78, 5) is 41.9. The molecule has 3 aromatic heterocycles. The van der Waals surface area contributed by atoms with Gasteiger partial charge in [-0.1, -0.05) is 0 Å². The number of hydrogen-bond donors (Lipinski definition) is 4. The quantitative estimate of drug-likeness (QED) is 0.189. The number of rotatable bonds is 9. The Bertz CT molecular complexity index is 1490. The minimum atomic E-state index is -0.840. The lowest BCUT2D eigenvalue weighted by Crippen LogP contribution is -2.19. The van der Waals surface area contributed by atoms with Crippen LogP contribution in [0, 0.1) is 0 Å². The standard InChI is InChI=1S/C27H27N7O3S/c1-27(2,37)5-8-31-13-18-10-22(20(11-21(18)28)17-9-19(24(29)35)14-32-12-17)33-25(36)23-15-38-26(34-23)16-3-6-30-7-4-16/h3-4,6-7,9-15,37H,5,8,28H2,1-2H3,(H2,29,35)(H,33,36). The lowest BCUT2D eigenvalue weighted by Gasteiger charge is -2.15. The van der Waals surface area contributed by atoms with E-state index in [0.29, 0.717) is 46.0 Å². The van der Waals surface area contributed by atoms with Gasteiger partial charge in [0.05, 0.1) is 11.2 Å². The summed E-state index contributed by atoms with van der Waals surface area (Å²) in [7, 11) is 0. The van der Waals surface area contributed by atoms with Crippen LogP contribution < -0.4 is 16.8 Å². The monoisotopic (exact) mass is 529 g/mol. The molecular weight excluding hydrogens is 502 g/mol. The van der Waals surface area contributed by atoms with Crippen molar-refractivity contribution in [2.24, 2.45) is 10.7 Å². The molecule has 1 aromatic carbocycles. The molecule has 2 amide bonds. The highest BCUT2D eigenvalue weighted by molar-refractivity contribution is 7.13. The number of anilines is 2. The predicted molar refractivity (Wildman–Crippen MR) is 149 cm³/mol. The highest BCUT2D eigenvalue weighted by atomic mass is 32.1. The van der Waals surface area contributed by atoms with Gasteiger partial charge in [-0.2, -0.15) is 0 Å². The second-order valence-corrected chi connectivity index (χ2v) is 10.0. The number of aliphatic hydroxyl groups is 1. The number of nitrogens with two attached hydrogens (primary N) is 2. The third-order valence-electron chi connectivity index (χ3n) is 5.55.